The molecule has 1 saturated carbocycles. The van der Waals surface area contributed by atoms with Crippen LogP contribution in [-0.2, 0) is 21.7 Å². The second-order valence-electron chi connectivity index (χ2n) is 7.29. The van der Waals surface area contributed by atoms with Crippen LogP contribution in [0.1, 0.15) is 23.1 Å². The van der Waals surface area contributed by atoms with Gasteiger partial charge in [-0.3, -0.25) is 4.79 Å². The molecule has 0 radical (unpaired) electrons. The van der Waals surface area contributed by atoms with Crippen molar-refractivity contribution in [1.29, 1.82) is 0 Å². The lowest BCUT2D eigenvalue weighted by Gasteiger charge is -2.15. The van der Waals surface area contributed by atoms with E-state index in [2.05, 4.69) is 10.5 Å². The van der Waals surface area contributed by atoms with Gasteiger partial charge >= 0.3 is 0 Å². The molecule has 1 N–H and O–H groups in total. The fraction of sp³-hybridized carbons (Fsp3) is 0.200. The number of ether oxygens (including phenoxy) is 2. The normalized spacial score (nSPS) is 20.1. The third-order valence-corrected chi connectivity index (χ3v) is 5.37. The number of amides is 1. The first kappa shape index (κ1) is 19.9. The van der Waals surface area contributed by atoms with Gasteiger partial charge in [0, 0.05) is 7.11 Å². The molecule has 30 heavy (non-hydrogen) atoms. The summed E-state index contributed by atoms with van der Waals surface area (Å²) < 4.78 is 11.5. The molecule has 0 bridgehead atoms. The molecule has 1 amide bonds. The molecule has 3 aromatic carbocycles. The number of carbonyl (C=O) groups excluding carboxylic acids is 1. The van der Waals surface area contributed by atoms with Crippen molar-refractivity contribution in [3.8, 4) is 5.75 Å². The van der Waals surface area contributed by atoms with Gasteiger partial charge in [0.2, 0.25) is 5.91 Å². The van der Waals surface area contributed by atoms with Crippen LogP contribution in [-0.4, -0.2) is 19.2 Å². The van der Waals surface area contributed by atoms with Crippen LogP contribution in [0.2, 0.25) is 0 Å². The van der Waals surface area contributed by atoms with E-state index in [1.165, 1.54) is 0 Å². The van der Waals surface area contributed by atoms with Crippen LogP contribution in [0.25, 0.3) is 0 Å². The van der Waals surface area contributed by atoms with Crippen LogP contribution in [0.5, 0.6) is 5.75 Å². The molecular weight excluding hydrogens is 376 g/mol. The van der Waals surface area contributed by atoms with Gasteiger partial charge in [0.15, 0.2) is 0 Å². The molecule has 0 spiro atoms. The van der Waals surface area contributed by atoms with Gasteiger partial charge in [-0.2, -0.15) is 5.10 Å². The molecule has 4 rings (SSSR count). The van der Waals surface area contributed by atoms with Crippen molar-refractivity contribution in [3.63, 3.8) is 0 Å². The van der Waals surface area contributed by atoms with E-state index in [1.54, 1.807) is 13.3 Å². The molecule has 5 heteroatoms. The maximum absolute atomic E-state index is 12.5. The highest BCUT2D eigenvalue weighted by molar-refractivity contribution is 5.86. The maximum Gasteiger partial charge on any atom is 0.246 e. The van der Waals surface area contributed by atoms with E-state index in [-0.39, 0.29) is 11.8 Å². The summed E-state index contributed by atoms with van der Waals surface area (Å²) in [5.74, 6) is 0.404. The Morgan fingerprint density at radius 2 is 1.70 bits per heavy atom. The fourth-order valence-corrected chi connectivity index (χ4v) is 3.57. The van der Waals surface area contributed by atoms with Gasteiger partial charge in [0.25, 0.3) is 0 Å². The SMILES string of the molecule is CO[C@@]1(c2ccccc2)C[C@H]1C(=O)N/N=C\c1ccc(OCc2ccccc2)cc1. The van der Waals surface area contributed by atoms with Crippen LogP contribution in [0.3, 0.4) is 0 Å². The quantitative estimate of drug-likeness (QED) is 0.454. The van der Waals surface area contributed by atoms with Crippen molar-refractivity contribution in [2.24, 2.45) is 11.0 Å². The number of nitrogens with one attached hydrogen (secondary N) is 1. The van der Waals surface area contributed by atoms with Gasteiger partial charge in [-0.25, -0.2) is 5.43 Å². The highest BCUT2D eigenvalue weighted by Gasteiger charge is 2.60. The van der Waals surface area contributed by atoms with Gasteiger partial charge < -0.3 is 9.47 Å². The van der Waals surface area contributed by atoms with Gasteiger partial charge in [-0.1, -0.05) is 60.7 Å². The highest BCUT2D eigenvalue weighted by Crippen LogP contribution is 2.54. The number of hydrogen-bond donors (Lipinski definition) is 1. The van der Waals surface area contributed by atoms with Crippen molar-refractivity contribution < 1.29 is 14.3 Å². The standard InChI is InChI=1S/C25H24N2O3/c1-29-25(21-10-6-3-7-11-21)16-23(25)24(28)27-26-17-19-12-14-22(15-13-19)30-18-20-8-4-2-5-9-20/h2-15,17,23H,16,18H2,1H3,(H,27,28)/b26-17-/t23-,25+/m0/s1. The first-order valence-electron chi connectivity index (χ1n) is 9.92. The molecule has 0 heterocycles. The van der Waals surface area contributed by atoms with E-state index < -0.39 is 5.60 Å². The minimum Gasteiger partial charge on any atom is -0.489 e. The van der Waals surface area contributed by atoms with Crippen LogP contribution >= 0.6 is 0 Å². The van der Waals surface area contributed by atoms with E-state index in [4.69, 9.17) is 9.47 Å². The summed E-state index contributed by atoms with van der Waals surface area (Å²) >= 11 is 0. The summed E-state index contributed by atoms with van der Waals surface area (Å²) in [6.45, 7) is 0.522. The van der Waals surface area contributed by atoms with E-state index in [1.807, 2.05) is 84.9 Å². The zero-order valence-electron chi connectivity index (χ0n) is 16.8. The predicted molar refractivity (Wildman–Crippen MR) is 116 cm³/mol. The van der Waals surface area contributed by atoms with Crippen LogP contribution in [0.15, 0.2) is 90.0 Å². The average Bonchev–Trinajstić information content (AvgIpc) is 3.56. The number of rotatable bonds is 8. The zero-order valence-corrected chi connectivity index (χ0v) is 16.8. The van der Waals surface area contributed by atoms with Crippen LogP contribution < -0.4 is 10.2 Å². The lowest BCUT2D eigenvalue weighted by atomic mass is 10.1. The Bertz CT molecular complexity index is 1000. The van der Waals surface area contributed by atoms with Gasteiger partial charge in [0.1, 0.15) is 18.0 Å². The second-order valence-corrected chi connectivity index (χ2v) is 7.29. The Kier molecular flexibility index (Phi) is 5.91. The Hall–Kier alpha value is -3.44. The van der Waals surface area contributed by atoms with E-state index in [0.717, 1.165) is 22.4 Å². The molecule has 1 aliphatic rings. The summed E-state index contributed by atoms with van der Waals surface area (Å²) in [4.78, 5) is 12.5. The molecule has 5 nitrogen and oxygen atoms in total. The number of hydrazone groups is 1. The molecule has 3 aromatic rings. The molecule has 152 valence electrons. The van der Waals surface area contributed by atoms with Gasteiger partial charge in [-0.15, -0.1) is 0 Å². The minimum atomic E-state index is -0.543. The zero-order chi connectivity index (χ0) is 20.8. The summed E-state index contributed by atoms with van der Waals surface area (Å²) in [7, 11) is 1.64. The Balaban J connectivity index is 1.29. The van der Waals surface area contributed by atoms with Crippen LogP contribution in [0, 0.1) is 5.92 Å². The molecule has 2 atom stereocenters. The Labute approximate surface area is 176 Å². The molecule has 1 fully saturated rings. The summed E-state index contributed by atoms with van der Waals surface area (Å²) in [5, 5.41) is 4.10. The summed E-state index contributed by atoms with van der Waals surface area (Å²) in [6, 6.07) is 27.4. The number of hydrogen-bond acceptors (Lipinski definition) is 4. The van der Waals surface area contributed by atoms with Gasteiger partial charge in [-0.05, 0) is 47.4 Å². The Morgan fingerprint density at radius 1 is 1.03 bits per heavy atom. The maximum atomic E-state index is 12.5. The minimum absolute atomic E-state index is 0.139. The van der Waals surface area contributed by atoms with Crippen molar-refractivity contribution in [2.45, 2.75) is 18.6 Å². The van der Waals surface area contributed by atoms with Gasteiger partial charge in [0.05, 0.1) is 12.1 Å². The first-order chi connectivity index (χ1) is 14.7. The molecule has 1 aliphatic carbocycles. The highest BCUT2D eigenvalue weighted by atomic mass is 16.5. The van der Waals surface area contributed by atoms with E-state index >= 15 is 0 Å². The van der Waals surface area contributed by atoms with E-state index in [9.17, 15) is 4.79 Å². The van der Waals surface area contributed by atoms with Crippen LogP contribution in [0.4, 0.5) is 0 Å². The molecule has 0 aliphatic heterocycles. The largest absolute Gasteiger partial charge is 0.489 e. The number of nitrogens with zero attached hydrogens (tertiary/aromatic N) is 1. The third-order valence-electron chi connectivity index (χ3n) is 5.37. The number of methoxy groups -OCH3 is 1. The summed E-state index contributed by atoms with van der Waals surface area (Å²) in [6.07, 6.45) is 2.28. The van der Waals surface area contributed by atoms with Crippen molar-refractivity contribution in [3.05, 3.63) is 102 Å². The fourth-order valence-electron chi connectivity index (χ4n) is 3.57. The van der Waals surface area contributed by atoms with Crippen molar-refractivity contribution >= 4 is 12.1 Å². The lowest BCUT2D eigenvalue weighted by molar-refractivity contribution is -0.124. The molecule has 0 unspecified atom stereocenters. The topological polar surface area (TPSA) is 59.9 Å². The lowest BCUT2D eigenvalue weighted by Crippen LogP contribution is -2.25. The van der Waals surface area contributed by atoms with E-state index in [0.29, 0.717) is 13.0 Å². The number of carbonyl (C=O) groups is 1. The second kappa shape index (κ2) is 8.93. The third kappa shape index (κ3) is 4.42. The monoisotopic (exact) mass is 400 g/mol. The average molecular weight is 400 g/mol. The summed E-state index contributed by atoms with van der Waals surface area (Å²) in [5.41, 5.74) is 5.10. The molecular formula is C25H24N2O3. The Morgan fingerprint density at radius 3 is 2.37 bits per heavy atom. The van der Waals surface area contributed by atoms with Crippen molar-refractivity contribution in [2.75, 3.05) is 7.11 Å². The predicted octanol–water partition coefficient (Wildman–Crippen LogP) is 4.28. The first-order valence-corrected chi connectivity index (χ1v) is 9.92. The molecule has 0 saturated heterocycles. The molecule has 0 aromatic heterocycles. The number of benzene rings is 3. The van der Waals surface area contributed by atoms with Crippen molar-refractivity contribution in [1.82, 2.24) is 5.43 Å². The smallest absolute Gasteiger partial charge is 0.246 e.